The lowest BCUT2D eigenvalue weighted by Crippen LogP contribution is -2.07. The van der Waals surface area contributed by atoms with E-state index >= 15 is 0 Å². The van der Waals surface area contributed by atoms with Gasteiger partial charge in [-0.2, -0.15) is 0 Å². The molecule has 34 heavy (non-hydrogen) atoms. The van der Waals surface area contributed by atoms with E-state index in [-0.39, 0.29) is 0 Å². The Morgan fingerprint density at radius 3 is 2.71 bits per heavy atom. The molecular formula is C28H23N5S. The maximum absolute atomic E-state index is 4.69. The molecule has 0 bridgehead atoms. The molecule has 6 heteroatoms. The summed E-state index contributed by atoms with van der Waals surface area (Å²) < 4.78 is 1.28. The molecule has 0 saturated heterocycles. The average Bonchev–Trinajstić information content (AvgIpc) is 3.48. The van der Waals surface area contributed by atoms with E-state index in [1.807, 2.05) is 25.4 Å². The van der Waals surface area contributed by atoms with Crippen LogP contribution in [0.25, 0.3) is 42.7 Å². The minimum atomic E-state index is 0.736. The maximum Gasteiger partial charge on any atom is 0.130 e. The van der Waals surface area contributed by atoms with Crippen LogP contribution in [0.2, 0.25) is 0 Å². The summed E-state index contributed by atoms with van der Waals surface area (Å²) in [6, 6.07) is 23.2. The number of H-pyrrole nitrogens is 1. The highest BCUT2D eigenvalue weighted by atomic mass is 32.1. The molecule has 2 aromatic carbocycles. The van der Waals surface area contributed by atoms with Crippen molar-refractivity contribution in [2.24, 2.45) is 0 Å². The number of hydrogen-bond acceptors (Lipinski definition) is 5. The van der Waals surface area contributed by atoms with Crippen LogP contribution in [0.5, 0.6) is 0 Å². The van der Waals surface area contributed by atoms with Crippen LogP contribution >= 0.6 is 11.3 Å². The summed E-state index contributed by atoms with van der Waals surface area (Å²) in [5, 5.41) is 6.01. The number of benzene rings is 2. The third kappa shape index (κ3) is 4.04. The first kappa shape index (κ1) is 20.6. The number of hydrogen-bond donors (Lipinski definition) is 2. The van der Waals surface area contributed by atoms with Crippen LogP contribution in [0, 0.1) is 6.92 Å². The molecule has 4 aromatic heterocycles. The van der Waals surface area contributed by atoms with E-state index in [9.17, 15) is 0 Å². The SMILES string of the molecule is Cc1nc(NCCc2c[nH]c3ccccc23)cc(-c2cncc(-c3cc4ccccc4s3)c2)n1. The van der Waals surface area contributed by atoms with Gasteiger partial charge in [0.05, 0.1) is 5.69 Å². The zero-order valence-electron chi connectivity index (χ0n) is 18.7. The second-order valence-corrected chi connectivity index (χ2v) is 9.42. The third-order valence-corrected chi connectivity index (χ3v) is 7.12. The Kier molecular flexibility index (Phi) is 5.28. The van der Waals surface area contributed by atoms with E-state index in [1.165, 1.54) is 31.4 Å². The molecule has 0 unspecified atom stereocenters. The second-order valence-electron chi connectivity index (χ2n) is 8.33. The molecular weight excluding hydrogens is 438 g/mol. The molecule has 0 spiro atoms. The van der Waals surface area contributed by atoms with Crippen molar-refractivity contribution >= 4 is 38.1 Å². The van der Waals surface area contributed by atoms with Gasteiger partial charge in [-0.15, -0.1) is 11.3 Å². The first-order chi connectivity index (χ1) is 16.7. The Hall–Kier alpha value is -4.03. The molecule has 166 valence electrons. The molecule has 0 aliphatic heterocycles. The molecule has 2 N–H and O–H groups in total. The van der Waals surface area contributed by atoms with Gasteiger partial charge in [-0.25, -0.2) is 9.97 Å². The number of fused-ring (bicyclic) bond motifs is 2. The van der Waals surface area contributed by atoms with Crippen molar-refractivity contribution in [1.29, 1.82) is 0 Å². The number of para-hydroxylation sites is 1. The monoisotopic (exact) mass is 461 g/mol. The number of anilines is 1. The Balaban J connectivity index is 1.23. The molecule has 6 rings (SSSR count). The summed E-state index contributed by atoms with van der Waals surface area (Å²) in [7, 11) is 0. The summed E-state index contributed by atoms with van der Waals surface area (Å²) in [6.07, 6.45) is 6.79. The van der Waals surface area contributed by atoms with Crippen molar-refractivity contribution in [3.8, 4) is 21.7 Å². The zero-order valence-corrected chi connectivity index (χ0v) is 19.6. The lowest BCUT2D eigenvalue weighted by molar-refractivity contribution is 0.988. The van der Waals surface area contributed by atoms with Crippen molar-refractivity contribution in [3.05, 3.63) is 96.7 Å². The van der Waals surface area contributed by atoms with Gasteiger partial charge < -0.3 is 10.3 Å². The van der Waals surface area contributed by atoms with Gasteiger partial charge in [-0.1, -0.05) is 36.4 Å². The van der Waals surface area contributed by atoms with E-state index in [4.69, 9.17) is 0 Å². The number of aryl methyl sites for hydroxylation is 1. The molecule has 0 atom stereocenters. The number of pyridine rings is 1. The molecule has 5 nitrogen and oxygen atoms in total. The molecule has 6 aromatic rings. The Morgan fingerprint density at radius 2 is 1.76 bits per heavy atom. The summed E-state index contributed by atoms with van der Waals surface area (Å²) in [4.78, 5) is 18.4. The van der Waals surface area contributed by atoms with Crippen molar-refractivity contribution < 1.29 is 0 Å². The summed E-state index contributed by atoms with van der Waals surface area (Å²) in [5.41, 5.74) is 5.43. The van der Waals surface area contributed by atoms with Gasteiger partial charge in [0.25, 0.3) is 0 Å². The smallest absolute Gasteiger partial charge is 0.130 e. The van der Waals surface area contributed by atoms with Crippen LogP contribution in [0.15, 0.2) is 85.3 Å². The normalized spacial score (nSPS) is 11.3. The molecule has 0 aliphatic carbocycles. The molecule has 0 fully saturated rings. The third-order valence-electron chi connectivity index (χ3n) is 5.96. The Bertz CT molecular complexity index is 1580. The van der Waals surface area contributed by atoms with Gasteiger partial charge in [0.1, 0.15) is 11.6 Å². The van der Waals surface area contributed by atoms with Crippen LogP contribution in [-0.4, -0.2) is 26.5 Å². The lowest BCUT2D eigenvalue weighted by Gasteiger charge is -2.09. The van der Waals surface area contributed by atoms with Gasteiger partial charge in [0, 0.05) is 62.8 Å². The van der Waals surface area contributed by atoms with Crippen molar-refractivity contribution in [2.75, 3.05) is 11.9 Å². The van der Waals surface area contributed by atoms with Gasteiger partial charge in [0.2, 0.25) is 0 Å². The highest BCUT2D eigenvalue weighted by Gasteiger charge is 2.10. The molecule has 0 saturated carbocycles. The van der Waals surface area contributed by atoms with E-state index in [1.54, 1.807) is 11.3 Å². The predicted octanol–water partition coefficient (Wildman–Crippen LogP) is 6.86. The summed E-state index contributed by atoms with van der Waals surface area (Å²) in [5.74, 6) is 1.56. The number of aromatic amines is 1. The quantitative estimate of drug-likeness (QED) is 0.284. The van der Waals surface area contributed by atoms with Gasteiger partial charge in [-0.05, 0) is 48.6 Å². The van der Waals surface area contributed by atoms with Crippen LogP contribution in [0.3, 0.4) is 0 Å². The van der Waals surface area contributed by atoms with Gasteiger partial charge in [0.15, 0.2) is 0 Å². The van der Waals surface area contributed by atoms with Crippen LogP contribution < -0.4 is 5.32 Å². The highest BCUT2D eigenvalue weighted by molar-refractivity contribution is 7.22. The van der Waals surface area contributed by atoms with Crippen molar-refractivity contribution in [2.45, 2.75) is 13.3 Å². The topological polar surface area (TPSA) is 66.5 Å². The fourth-order valence-corrected chi connectivity index (χ4v) is 5.35. The number of aromatic nitrogens is 4. The second kappa shape index (κ2) is 8.72. The minimum absolute atomic E-state index is 0.736. The number of nitrogens with one attached hydrogen (secondary N) is 2. The number of nitrogens with zero attached hydrogens (tertiary/aromatic N) is 3. The minimum Gasteiger partial charge on any atom is -0.370 e. The van der Waals surface area contributed by atoms with Crippen molar-refractivity contribution in [3.63, 3.8) is 0 Å². The predicted molar refractivity (Wildman–Crippen MR) is 141 cm³/mol. The lowest BCUT2D eigenvalue weighted by atomic mass is 10.1. The fourth-order valence-electron chi connectivity index (χ4n) is 4.31. The van der Waals surface area contributed by atoms with Crippen LogP contribution in [-0.2, 0) is 6.42 Å². The van der Waals surface area contributed by atoms with Crippen LogP contribution in [0.1, 0.15) is 11.4 Å². The van der Waals surface area contributed by atoms with E-state index < -0.39 is 0 Å². The zero-order chi connectivity index (χ0) is 22.9. The largest absolute Gasteiger partial charge is 0.370 e. The van der Waals surface area contributed by atoms with Crippen LogP contribution in [0.4, 0.5) is 5.82 Å². The average molecular weight is 462 g/mol. The first-order valence-electron chi connectivity index (χ1n) is 11.3. The maximum atomic E-state index is 4.69. The molecule has 4 heterocycles. The molecule has 0 radical (unpaired) electrons. The van der Waals surface area contributed by atoms with Gasteiger partial charge >= 0.3 is 0 Å². The molecule has 0 aliphatic rings. The van der Waals surface area contributed by atoms with E-state index in [0.717, 1.165) is 41.4 Å². The fraction of sp³-hybridized carbons (Fsp3) is 0.107. The summed E-state index contributed by atoms with van der Waals surface area (Å²) in [6.45, 7) is 2.72. The number of rotatable bonds is 6. The van der Waals surface area contributed by atoms with E-state index in [0.29, 0.717) is 0 Å². The Morgan fingerprint density at radius 1 is 0.912 bits per heavy atom. The standard InChI is InChI=1S/C28H23N5S/c1-18-32-25(14-28(33-18)30-11-10-20-17-31-24-8-4-3-7-23(20)24)21-12-22(16-29-15-21)27-13-19-6-2-5-9-26(19)34-27/h2-9,12-17,31H,10-11H2,1H3,(H,30,32,33). The highest BCUT2D eigenvalue weighted by Crippen LogP contribution is 2.34. The number of thiophene rings is 1. The first-order valence-corrected chi connectivity index (χ1v) is 12.1. The van der Waals surface area contributed by atoms with E-state index in [2.05, 4.69) is 92.1 Å². The van der Waals surface area contributed by atoms with Crippen molar-refractivity contribution in [1.82, 2.24) is 19.9 Å². The summed E-state index contributed by atoms with van der Waals surface area (Å²) >= 11 is 1.78. The van der Waals surface area contributed by atoms with Gasteiger partial charge in [-0.3, -0.25) is 4.98 Å². The molecule has 0 amide bonds. The Labute approximate surface area is 201 Å².